The molecule has 0 saturated heterocycles. The maximum Gasteiger partial charge on any atom is 0.244 e. The average Bonchev–Trinajstić information content (AvgIpc) is 2.85. The Hall–Kier alpha value is -2.14. The number of carbonyl (C=O) groups excluding carboxylic acids is 1. The summed E-state index contributed by atoms with van der Waals surface area (Å²) in [6.45, 7) is 4.51. The van der Waals surface area contributed by atoms with Crippen LogP contribution in [-0.2, 0) is 4.79 Å². The molecule has 0 aliphatic rings. The zero-order valence-electron chi connectivity index (χ0n) is 11.8. The molecule has 0 saturated carbocycles. The Morgan fingerprint density at radius 3 is 3.05 bits per heavy atom. The van der Waals surface area contributed by atoms with Crippen LogP contribution in [0.5, 0.6) is 0 Å². The van der Waals surface area contributed by atoms with Gasteiger partial charge in [0.1, 0.15) is 5.65 Å². The van der Waals surface area contributed by atoms with Crippen LogP contribution in [0, 0.1) is 5.92 Å². The van der Waals surface area contributed by atoms with Crippen LogP contribution >= 0.6 is 0 Å². The maximum atomic E-state index is 11.9. The largest absolute Gasteiger partial charge is 0.348 e. The van der Waals surface area contributed by atoms with E-state index in [9.17, 15) is 4.79 Å². The summed E-state index contributed by atoms with van der Waals surface area (Å²) in [6, 6.07) is 3.83. The highest BCUT2D eigenvalue weighted by atomic mass is 16.1. The molecule has 0 bridgehead atoms. The number of aromatic amines is 1. The van der Waals surface area contributed by atoms with E-state index in [1.807, 2.05) is 32.2 Å². The van der Waals surface area contributed by atoms with Crippen LogP contribution in [0.1, 0.15) is 19.4 Å². The van der Waals surface area contributed by atoms with E-state index in [0.717, 1.165) is 16.6 Å². The van der Waals surface area contributed by atoms with Crippen LogP contribution < -0.4 is 11.1 Å². The SMILES string of the molecule is CC(C)[C@@H](CN)NC(=O)C=Cc1c[nH]c2ncccc12. The topological polar surface area (TPSA) is 83.8 Å². The second-order valence-electron chi connectivity index (χ2n) is 5.07. The lowest BCUT2D eigenvalue weighted by atomic mass is 10.0. The third kappa shape index (κ3) is 3.24. The molecule has 0 unspecified atom stereocenters. The van der Waals surface area contributed by atoms with Crippen molar-refractivity contribution < 1.29 is 4.79 Å². The summed E-state index contributed by atoms with van der Waals surface area (Å²) in [5.41, 5.74) is 7.39. The molecule has 4 N–H and O–H groups in total. The monoisotopic (exact) mass is 272 g/mol. The first-order chi connectivity index (χ1) is 9.61. The van der Waals surface area contributed by atoms with Crippen LogP contribution in [0.4, 0.5) is 0 Å². The molecule has 2 heterocycles. The summed E-state index contributed by atoms with van der Waals surface area (Å²) in [7, 11) is 0. The lowest BCUT2D eigenvalue weighted by Crippen LogP contribution is -2.42. The number of amides is 1. The van der Waals surface area contributed by atoms with Crippen molar-refractivity contribution in [1.29, 1.82) is 0 Å². The number of pyridine rings is 1. The van der Waals surface area contributed by atoms with Crippen molar-refractivity contribution >= 4 is 23.0 Å². The normalized spacial score (nSPS) is 13.2. The van der Waals surface area contributed by atoms with Crippen molar-refractivity contribution in [2.75, 3.05) is 6.54 Å². The van der Waals surface area contributed by atoms with Crippen LogP contribution in [0.25, 0.3) is 17.1 Å². The molecule has 0 spiro atoms. The van der Waals surface area contributed by atoms with Crippen LogP contribution in [0.3, 0.4) is 0 Å². The highest BCUT2D eigenvalue weighted by molar-refractivity contribution is 5.95. The van der Waals surface area contributed by atoms with Gasteiger partial charge in [-0.05, 0) is 24.1 Å². The smallest absolute Gasteiger partial charge is 0.244 e. The van der Waals surface area contributed by atoms with Gasteiger partial charge in [0.25, 0.3) is 0 Å². The molecule has 2 aromatic heterocycles. The van der Waals surface area contributed by atoms with Crippen molar-refractivity contribution in [1.82, 2.24) is 15.3 Å². The molecule has 0 fully saturated rings. The van der Waals surface area contributed by atoms with Gasteiger partial charge in [-0.25, -0.2) is 4.98 Å². The summed E-state index contributed by atoms with van der Waals surface area (Å²) in [5.74, 6) is 0.182. The van der Waals surface area contributed by atoms with Crippen LogP contribution in [-0.4, -0.2) is 28.5 Å². The highest BCUT2D eigenvalue weighted by Crippen LogP contribution is 2.16. The number of aromatic nitrogens is 2. The first-order valence-corrected chi connectivity index (χ1v) is 6.72. The highest BCUT2D eigenvalue weighted by Gasteiger charge is 2.12. The predicted molar refractivity (Wildman–Crippen MR) is 81.0 cm³/mol. The minimum absolute atomic E-state index is 0.00298. The minimum Gasteiger partial charge on any atom is -0.348 e. The second kappa shape index (κ2) is 6.34. The van der Waals surface area contributed by atoms with E-state index in [1.54, 1.807) is 12.3 Å². The first-order valence-electron chi connectivity index (χ1n) is 6.72. The fourth-order valence-electron chi connectivity index (χ4n) is 2.01. The van der Waals surface area contributed by atoms with Gasteiger partial charge in [-0.15, -0.1) is 0 Å². The molecule has 0 aliphatic carbocycles. The van der Waals surface area contributed by atoms with E-state index in [-0.39, 0.29) is 11.9 Å². The minimum atomic E-state index is -0.132. The number of hydrogen-bond acceptors (Lipinski definition) is 3. The number of H-pyrrole nitrogens is 1. The summed E-state index contributed by atoms with van der Waals surface area (Å²) in [6.07, 6.45) is 6.88. The van der Waals surface area contributed by atoms with Crippen LogP contribution in [0.15, 0.2) is 30.6 Å². The van der Waals surface area contributed by atoms with Gasteiger partial charge < -0.3 is 16.0 Å². The molecule has 1 amide bonds. The van der Waals surface area contributed by atoms with Crippen molar-refractivity contribution in [3.05, 3.63) is 36.2 Å². The Morgan fingerprint density at radius 1 is 1.55 bits per heavy atom. The molecule has 1 atom stereocenters. The van der Waals surface area contributed by atoms with E-state index >= 15 is 0 Å². The molecular formula is C15H20N4O. The maximum absolute atomic E-state index is 11.9. The molecule has 106 valence electrons. The van der Waals surface area contributed by atoms with E-state index < -0.39 is 0 Å². The predicted octanol–water partition coefficient (Wildman–Crippen LogP) is 1.68. The molecule has 2 rings (SSSR count). The lowest BCUT2D eigenvalue weighted by molar-refractivity contribution is -0.117. The van der Waals surface area contributed by atoms with E-state index in [1.165, 1.54) is 6.08 Å². The number of fused-ring (bicyclic) bond motifs is 1. The lowest BCUT2D eigenvalue weighted by Gasteiger charge is -2.19. The van der Waals surface area contributed by atoms with Gasteiger partial charge in [-0.1, -0.05) is 13.8 Å². The molecule has 5 nitrogen and oxygen atoms in total. The molecule has 5 heteroatoms. The number of nitrogens with one attached hydrogen (secondary N) is 2. The molecular weight excluding hydrogens is 252 g/mol. The Morgan fingerprint density at radius 2 is 2.35 bits per heavy atom. The number of rotatable bonds is 5. The van der Waals surface area contributed by atoms with Crippen molar-refractivity contribution in [3.8, 4) is 0 Å². The van der Waals surface area contributed by atoms with E-state index in [2.05, 4.69) is 15.3 Å². The zero-order chi connectivity index (χ0) is 14.5. The standard InChI is InChI=1S/C15H20N4O/c1-10(2)13(8-16)19-14(20)6-5-11-9-18-15-12(11)4-3-7-17-15/h3-7,9-10,13H,8,16H2,1-2H3,(H,17,18)(H,19,20)/t13-/m1/s1. The first kappa shape index (κ1) is 14.3. The van der Waals surface area contributed by atoms with Crippen molar-refractivity contribution in [3.63, 3.8) is 0 Å². The van der Waals surface area contributed by atoms with E-state index in [0.29, 0.717) is 12.5 Å². The second-order valence-corrected chi connectivity index (χ2v) is 5.07. The van der Waals surface area contributed by atoms with Gasteiger partial charge in [0.15, 0.2) is 0 Å². The van der Waals surface area contributed by atoms with Gasteiger partial charge in [-0.3, -0.25) is 4.79 Å². The fourth-order valence-corrected chi connectivity index (χ4v) is 2.01. The molecule has 2 aromatic rings. The summed E-state index contributed by atoms with van der Waals surface area (Å²) < 4.78 is 0. The molecule has 20 heavy (non-hydrogen) atoms. The van der Waals surface area contributed by atoms with Gasteiger partial charge in [0, 0.05) is 42.0 Å². The third-order valence-electron chi connectivity index (χ3n) is 3.28. The van der Waals surface area contributed by atoms with Gasteiger partial charge in [0.05, 0.1) is 0 Å². The average molecular weight is 272 g/mol. The summed E-state index contributed by atoms with van der Waals surface area (Å²) >= 11 is 0. The van der Waals surface area contributed by atoms with Crippen LogP contribution in [0.2, 0.25) is 0 Å². The zero-order valence-corrected chi connectivity index (χ0v) is 11.8. The Bertz CT molecular complexity index is 615. The Balaban J connectivity index is 2.07. The molecule has 0 aliphatic heterocycles. The van der Waals surface area contributed by atoms with Crippen molar-refractivity contribution in [2.45, 2.75) is 19.9 Å². The number of hydrogen-bond donors (Lipinski definition) is 3. The summed E-state index contributed by atoms with van der Waals surface area (Å²) in [4.78, 5) is 19.1. The number of nitrogens with zero attached hydrogens (tertiary/aromatic N) is 1. The number of carbonyl (C=O) groups is 1. The Labute approximate surface area is 118 Å². The fraction of sp³-hybridized carbons (Fsp3) is 0.333. The van der Waals surface area contributed by atoms with Gasteiger partial charge in [-0.2, -0.15) is 0 Å². The summed E-state index contributed by atoms with van der Waals surface area (Å²) in [5, 5.41) is 3.90. The van der Waals surface area contributed by atoms with Crippen molar-refractivity contribution in [2.24, 2.45) is 11.7 Å². The molecule has 0 radical (unpaired) electrons. The third-order valence-corrected chi connectivity index (χ3v) is 3.28. The quantitative estimate of drug-likeness (QED) is 0.724. The van der Waals surface area contributed by atoms with Gasteiger partial charge >= 0.3 is 0 Å². The number of nitrogens with two attached hydrogens (primary N) is 1. The van der Waals surface area contributed by atoms with Gasteiger partial charge in [0.2, 0.25) is 5.91 Å². The van der Waals surface area contributed by atoms with E-state index in [4.69, 9.17) is 5.73 Å². The Kier molecular flexibility index (Phi) is 4.53. The molecule has 0 aromatic carbocycles.